The molecule has 0 aromatic heterocycles. The zero-order valence-corrected chi connectivity index (χ0v) is 14.1. The van der Waals surface area contributed by atoms with Crippen molar-refractivity contribution in [3.63, 3.8) is 0 Å². The lowest BCUT2D eigenvalue weighted by molar-refractivity contribution is -0.384. The zero-order valence-electron chi connectivity index (χ0n) is 14.1. The van der Waals surface area contributed by atoms with Crippen molar-refractivity contribution in [1.29, 1.82) is 0 Å². The summed E-state index contributed by atoms with van der Waals surface area (Å²) in [7, 11) is 0. The van der Waals surface area contributed by atoms with E-state index in [1.54, 1.807) is 12.1 Å². The van der Waals surface area contributed by atoms with Crippen LogP contribution in [-0.4, -0.2) is 36.1 Å². The number of rotatable bonds is 9. The molecule has 2 rings (SSSR count). The topological polar surface area (TPSA) is 67.6 Å². The fourth-order valence-corrected chi connectivity index (χ4v) is 2.30. The maximum Gasteiger partial charge on any atom is 0.269 e. The second-order valence-corrected chi connectivity index (χ2v) is 5.33. The summed E-state index contributed by atoms with van der Waals surface area (Å²) in [5, 5.41) is 13.8. The lowest BCUT2D eigenvalue weighted by atomic mass is 10.2. The molecular formula is C18H23N3O3. The minimum absolute atomic E-state index is 0.0810. The first-order valence-corrected chi connectivity index (χ1v) is 8.09. The first-order valence-electron chi connectivity index (χ1n) is 8.09. The molecule has 6 heteroatoms. The number of hydrogen-bond donors (Lipinski definition) is 1. The molecule has 128 valence electrons. The number of non-ortho nitro benzene ring substituents is 1. The number of likely N-dealkylation sites (N-methyl/N-ethyl adjacent to an activating group) is 1. The molecule has 24 heavy (non-hydrogen) atoms. The van der Waals surface area contributed by atoms with E-state index in [1.807, 2.05) is 24.3 Å². The van der Waals surface area contributed by atoms with Crippen LogP contribution in [0.2, 0.25) is 0 Å². The minimum atomic E-state index is -0.409. The van der Waals surface area contributed by atoms with Crippen LogP contribution in [0.4, 0.5) is 17.1 Å². The van der Waals surface area contributed by atoms with Crippen molar-refractivity contribution in [3.8, 4) is 5.75 Å². The summed E-state index contributed by atoms with van der Waals surface area (Å²) in [6.45, 7) is 7.91. The van der Waals surface area contributed by atoms with Gasteiger partial charge in [-0.15, -0.1) is 0 Å². The number of nitrogens with zero attached hydrogens (tertiary/aromatic N) is 2. The summed E-state index contributed by atoms with van der Waals surface area (Å²) in [4.78, 5) is 12.5. The third-order valence-corrected chi connectivity index (χ3v) is 3.79. The van der Waals surface area contributed by atoms with Crippen LogP contribution in [0.15, 0.2) is 48.5 Å². The standard InChI is InChI=1S/C18H23N3O3/c1-3-20(4-2)13-14-24-18-11-7-16(8-12-18)19-15-5-9-17(10-6-15)21(22)23/h5-12,19H,3-4,13-14H2,1-2H3. The number of anilines is 2. The second-order valence-electron chi connectivity index (χ2n) is 5.33. The van der Waals surface area contributed by atoms with E-state index in [1.165, 1.54) is 12.1 Å². The van der Waals surface area contributed by atoms with Gasteiger partial charge in [-0.05, 0) is 49.5 Å². The molecule has 0 bridgehead atoms. The van der Waals surface area contributed by atoms with Crippen LogP contribution in [-0.2, 0) is 0 Å². The number of benzene rings is 2. The molecule has 0 aliphatic rings. The molecule has 6 nitrogen and oxygen atoms in total. The van der Waals surface area contributed by atoms with Crippen molar-refractivity contribution in [1.82, 2.24) is 4.90 Å². The Hall–Kier alpha value is -2.60. The Morgan fingerprint density at radius 3 is 2.04 bits per heavy atom. The highest BCUT2D eigenvalue weighted by Gasteiger charge is 2.04. The third-order valence-electron chi connectivity index (χ3n) is 3.79. The molecule has 0 aliphatic heterocycles. The van der Waals surface area contributed by atoms with Gasteiger partial charge < -0.3 is 15.0 Å². The Balaban J connectivity index is 1.86. The number of hydrogen-bond acceptors (Lipinski definition) is 5. The van der Waals surface area contributed by atoms with Crippen LogP contribution in [0.25, 0.3) is 0 Å². The molecule has 0 fully saturated rings. The summed E-state index contributed by atoms with van der Waals surface area (Å²) in [6.07, 6.45) is 0. The first kappa shape index (κ1) is 17.7. The van der Waals surface area contributed by atoms with Gasteiger partial charge in [-0.3, -0.25) is 10.1 Å². The first-order chi connectivity index (χ1) is 11.6. The van der Waals surface area contributed by atoms with E-state index in [-0.39, 0.29) is 5.69 Å². The van der Waals surface area contributed by atoms with Gasteiger partial charge in [-0.1, -0.05) is 13.8 Å². The van der Waals surface area contributed by atoms with Gasteiger partial charge in [0.2, 0.25) is 0 Å². The maximum atomic E-state index is 10.6. The predicted octanol–water partition coefficient (Wildman–Crippen LogP) is 4.06. The highest BCUT2D eigenvalue weighted by Crippen LogP contribution is 2.22. The summed E-state index contributed by atoms with van der Waals surface area (Å²) in [5.41, 5.74) is 1.79. The monoisotopic (exact) mass is 329 g/mol. The summed E-state index contributed by atoms with van der Waals surface area (Å²) in [5.74, 6) is 0.830. The van der Waals surface area contributed by atoms with Crippen LogP contribution in [0.5, 0.6) is 5.75 Å². The third kappa shape index (κ3) is 5.24. The SMILES string of the molecule is CCN(CC)CCOc1ccc(Nc2ccc([N+](=O)[O-])cc2)cc1. The molecule has 0 saturated heterocycles. The van der Waals surface area contributed by atoms with E-state index >= 15 is 0 Å². The quantitative estimate of drug-likeness (QED) is 0.555. The highest BCUT2D eigenvalue weighted by atomic mass is 16.6. The van der Waals surface area contributed by atoms with E-state index in [2.05, 4.69) is 24.1 Å². The molecule has 1 N–H and O–H groups in total. The smallest absolute Gasteiger partial charge is 0.269 e. The van der Waals surface area contributed by atoms with Crippen LogP contribution < -0.4 is 10.1 Å². The largest absolute Gasteiger partial charge is 0.492 e. The number of ether oxygens (including phenoxy) is 1. The molecular weight excluding hydrogens is 306 g/mol. The lowest BCUT2D eigenvalue weighted by Crippen LogP contribution is -2.27. The van der Waals surface area contributed by atoms with E-state index in [0.29, 0.717) is 6.61 Å². The zero-order chi connectivity index (χ0) is 17.4. The summed E-state index contributed by atoms with van der Waals surface area (Å²) < 4.78 is 5.74. The second kappa shape index (κ2) is 8.88. The normalized spacial score (nSPS) is 10.6. The molecule has 0 atom stereocenters. The van der Waals surface area contributed by atoms with Crippen molar-refractivity contribution in [2.24, 2.45) is 0 Å². The van der Waals surface area contributed by atoms with Gasteiger partial charge in [-0.2, -0.15) is 0 Å². The molecule has 0 amide bonds. The van der Waals surface area contributed by atoms with Gasteiger partial charge in [0.05, 0.1) is 4.92 Å². The van der Waals surface area contributed by atoms with Gasteiger partial charge in [0, 0.05) is 30.1 Å². The van der Waals surface area contributed by atoms with Crippen molar-refractivity contribution in [2.75, 3.05) is 31.6 Å². The molecule has 0 unspecified atom stereocenters. The fourth-order valence-electron chi connectivity index (χ4n) is 2.30. The number of nitro groups is 1. The highest BCUT2D eigenvalue weighted by molar-refractivity contribution is 5.61. The molecule has 0 heterocycles. The van der Waals surface area contributed by atoms with Crippen molar-refractivity contribution >= 4 is 17.1 Å². The Kier molecular flexibility index (Phi) is 6.57. The van der Waals surface area contributed by atoms with E-state index < -0.39 is 4.92 Å². The van der Waals surface area contributed by atoms with Crippen molar-refractivity contribution in [3.05, 3.63) is 58.6 Å². The summed E-state index contributed by atoms with van der Waals surface area (Å²) in [6, 6.07) is 14.0. The Bertz CT molecular complexity index is 638. The Morgan fingerprint density at radius 2 is 1.54 bits per heavy atom. The molecule has 0 spiro atoms. The van der Waals surface area contributed by atoms with Crippen LogP contribution >= 0.6 is 0 Å². The molecule has 0 aliphatic carbocycles. The number of nitrogens with one attached hydrogen (secondary N) is 1. The van der Waals surface area contributed by atoms with Gasteiger partial charge >= 0.3 is 0 Å². The van der Waals surface area contributed by atoms with Crippen molar-refractivity contribution in [2.45, 2.75) is 13.8 Å². The molecule has 2 aromatic carbocycles. The lowest BCUT2D eigenvalue weighted by Gasteiger charge is -2.18. The van der Waals surface area contributed by atoms with E-state index in [4.69, 9.17) is 4.74 Å². The summed E-state index contributed by atoms with van der Waals surface area (Å²) >= 11 is 0. The van der Waals surface area contributed by atoms with E-state index in [0.717, 1.165) is 36.8 Å². The Labute approximate surface area is 142 Å². The Morgan fingerprint density at radius 1 is 1.00 bits per heavy atom. The molecule has 0 radical (unpaired) electrons. The number of nitro benzene ring substituents is 1. The van der Waals surface area contributed by atoms with Gasteiger partial charge in [-0.25, -0.2) is 0 Å². The van der Waals surface area contributed by atoms with Crippen LogP contribution in [0.1, 0.15) is 13.8 Å². The van der Waals surface area contributed by atoms with Crippen molar-refractivity contribution < 1.29 is 9.66 Å². The molecule has 2 aromatic rings. The van der Waals surface area contributed by atoms with Gasteiger partial charge in [0.15, 0.2) is 0 Å². The maximum absolute atomic E-state index is 10.6. The average Bonchev–Trinajstić information content (AvgIpc) is 2.60. The van der Waals surface area contributed by atoms with E-state index in [9.17, 15) is 10.1 Å². The molecule has 0 saturated carbocycles. The fraction of sp³-hybridized carbons (Fsp3) is 0.333. The minimum Gasteiger partial charge on any atom is -0.492 e. The van der Waals surface area contributed by atoms with Gasteiger partial charge in [0.25, 0.3) is 5.69 Å². The predicted molar refractivity (Wildman–Crippen MR) is 96.1 cm³/mol. The van der Waals surface area contributed by atoms with Crippen LogP contribution in [0.3, 0.4) is 0 Å². The van der Waals surface area contributed by atoms with Crippen LogP contribution in [0, 0.1) is 10.1 Å². The van der Waals surface area contributed by atoms with Gasteiger partial charge in [0.1, 0.15) is 12.4 Å². The average molecular weight is 329 g/mol.